The largest absolute Gasteiger partial charge is 0.353 e. The van der Waals surface area contributed by atoms with Crippen LogP contribution in [0.25, 0.3) is 0 Å². The summed E-state index contributed by atoms with van der Waals surface area (Å²) in [6.45, 7) is 3.49. The quantitative estimate of drug-likeness (QED) is 0.580. The lowest BCUT2D eigenvalue weighted by Crippen LogP contribution is -2.65. The normalized spacial score (nSPS) is 25.1. The molecule has 0 aliphatic carbocycles. The molecule has 2 aromatic carbocycles. The van der Waals surface area contributed by atoms with Gasteiger partial charge in [0, 0.05) is 0 Å². The average Bonchev–Trinajstić information content (AvgIpc) is 3.29. The Morgan fingerprint density at radius 3 is 2.15 bits per heavy atom. The maximum Gasteiger partial charge on any atom is 0.250 e. The number of rotatable bonds is 7. The Bertz CT molecular complexity index is 976. The summed E-state index contributed by atoms with van der Waals surface area (Å²) in [5, 5.41) is 8.81. The third kappa shape index (κ3) is 4.83. The maximum absolute atomic E-state index is 13.5. The van der Waals surface area contributed by atoms with Crippen molar-refractivity contribution in [3.05, 3.63) is 71.8 Å². The van der Waals surface area contributed by atoms with Gasteiger partial charge in [0.05, 0.1) is 18.2 Å². The zero-order valence-corrected chi connectivity index (χ0v) is 19.7. The topological polar surface area (TPSA) is 99.8 Å². The fourth-order valence-corrected chi connectivity index (χ4v) is 4.63. The van der Waals surface area contributed by atoms with Crippen LogP contribution in [0.5, 0.6) is 0 Å². The van der Waals surface area contributed by atoms with Crippen LogP contribution in [0.15, 0.2) is 60.7 Å². The molecule has 4 unspecified atom stereocenters. The third-order valence-corrected chi connectivity index (χ3v) is 6.67. The van der Waals surface area contributed by atoms with Crippen LogP contribution in [0, 0.1) is 0 Å². The van der Waals surface area contributed by atoms with Crippen LogP contribution in [0.1, 0.15) is 43.9 Å². The van der Waals surface area contributed by atoms with Crippen molar-refractivity contribution in [2.24, 2.45) is 0 Å². The molecule has 3 N–H and O–H groups in total. The van der Waals surface area contributed by atoms with Gasteiger partial charge in [0.15, 0.2) is 0 Å². The fraction of sp³-hybridized carbons (Fsp3) is 0.423. The summed E-state index contributed by atoms with van der Waals surface area (Å²) in [4.78, 5) is 40.9. The number of fused-ring (bicyclic) bond motifs is 1. The molecule has 2 heterocycles. The molecule has 8 nitrogen and oxygen atoms in total. The number of nitrogens with one attached hydrogen (secondary N) is 3. The third-order valence-electron chi connectivity index (χ3n) is 6.67. The SMILES string of the molecule is CN[C@@H](C)C(=O)NC1C(=O)N2C(CCC2C(=O)NC(c2ccccc2)c2ccccc2)OC1C. The van der Waals surface area contributed by atoms with Crippen LogP contribution < -0.4 is 16.0 Å². The smallest absolute Gasteiger partial charge is 0.250 e. The van der Waals surface area contributed by atoms with E-state index in [4.69, 9.17) is 4.74 Å². The van der Waals surface area contributed by atoms with Crippen molar-refractivity contribution in [2.45, 2.75) is 63.2 Å². The number of amides is 3. The van der Waals surface area contributed by atoms with Crippen LogP contribution >= 0.6 is 0 Å². The summed E-state index contributed by atoms with van der Waals surface area (Å²) in [6.07, 6.45) is 0.118. The standard InChI is InChI=1S/C26H32N4O4/c1-16(27-3)24(31)28-22-17(2)34-21-15-14-20(30(21)26(22)33)25(32)29-23(18-10-6-4-7-11-18)19-12-8-5-9-13-19/h4-13,16-17,20-23,27H,14-15H2,1-3H3,(H,28,31)(H,29,32)/t16-,17?,20?,21?,22?/m0/s1. The second-order valence-corrected chi connectivity index (χ2v) is 8.89. The van der Waals surface area contributed by atoms with Gasteiger partial charge in [-0.25, -0.2) is 0 Å². The number of ether oxygens (including phenoxy) is 1. The predicted molar refractivity (Wildman–Crippen MR) is 128 cm³/mol. The molecular formula is C26H32N4O4. The van der Waals surface area contributed by atoms with E-state index in [2.05, 4.69) is 16.0 Å². The molecule has 5 atom stereocenters. The van der Waals surface area contributed by atoms with E-state index in [1.807, 2.05) is 60.7 Å². The van der Waals surface area contributed by atoms with Gasteiger partial charge < -0.3 is 25.6 Å². The van der Waals surface area contributed by atoms with E-state index in [0.717, 1.165) is 11.1 Å². The van der Waals surface area contributed by atoms with Crippen LogP contribution in [0.4, 0.5) is 0 Å². The van der Waals surface area contributed by atoms with Crippen LogP contribution in [-0.2, 0) is 19.1 Å². The Hall–Kier alpha value is -3.23. The van der Waals surface area contributed by atoms with E-state index >= 15 is 0 Å². The first kappa shape index (κ1) is 23.9. The monoisotopic (exact) mass is 464 g/mol. The molecule has 2 aliphatic rings. The molecule has 2 aromatic rings. The number of hydrogen-bond acceptors (Lipinski definition) is 5. The lowest BCUT2D eigenvalue weighted by Gasteiger charge is -2.41. The highest BCUT2D eigenvalue weighted by Gasteiger charge is 2.50. The first-order valence-electron chi connectivity index (χ1n) is 11.8. The van der Waals surface area contributed by atoms with Gasteiger partial charge in [-0.3, -0.25) is 14.4 Å². The molecule has 2 fully saturated rings. The molecule has 8 heteroatoms. The Balaban J connectivity index is 1.54. The number of benzene rings is 2. The summed E-state index contributed by atoms with van der Waals surface area (Å²) < 4.78 is 6.05. The highest BCUT2D eigenvalue weighted by Crippen LogP contribution is 2.32. The van der Waals surface area contributed by atoms with E-state index in [-0.39, 0.29) is 23.8 Å². The Labute approximate surface area is 200 Å². The molecule has 34 heavy (non-hydrogen) atoms. The van der Waals surface area contributed by atoms with Crippen molar-refractivity contribution in [3.63, 3.8) is 0 Å². The van der Waals surface area contributed by atoms with Crippen molar-refractivity contribution >= 4 is 17.7 Å². The lowest BCUT2D eigenvalue weighted by molar-refractivity contribution is -0.179. The van der Waals surface area contributed by atoms with Crippen molar-refractivity contribution in [1.82, 2.24) is 20.9 Å². The molecule has 2 aliphatic heterocycles. The second-order valence-electron chi connectivity index (χ2n) is 8.89. The first-order chi connectivity index (χ1) is 16.4. The summed E-state index contributed by atoms with van der Waals surface area (Å²) in [5.74, 6) is -0.808. The minimum absolute atomic E-state index is 0.236. The number of carbonyl (C=O) groups excluding carboxylic acids is 3. The van der Waals surface area contributed by atoms with Crippen LogP contribution in [-0.4, -0.2) is 60.1 Å². The van der Waals surface area contributed by atoms with Crippen molar-refractivity contribution in [2.75, 3.05) is 7.05 Å². The Morgan fingerprint density at radius 2 is 1.59 bits per heavy atom. The Morgan fingerprint density at radius 1 is 1.00 bits per heavy atom. The van der Waals surface area contributed by atoms with E-state index < -0.39 is 30.5 Å². The molecule has 0 bridgehead atoms. The van der Waals surface area contributed by atoms with Gasteiger partial charge in [0.1, 0.15) is 18.3 Å². The fourth-order valence-electron chi connectivity index (χ4n) is 4.63. The van der Waals surface area contributed by atoms with Crippen LogP contribution in [0.2, 0.25) is 0 Å². The van der Waals surface area contributed by atoms with Crippen molar-refractivity contribution in [1.29, 1.82) is 0 Å². The van der Waals surface area contributed by atoms with Gasteiger partial charge in [0.25, 0.3) is 5.91 Å². The minimum Gasteiger partial charge on any atom is -0.353 e. The van der Waals surface area contributed by atoms with Gasteiger partial charge in [-0.2, -0.15) is 0 Å². The molecule has 2 saturated heterocycles. The van der Waals surface area contributed by atoms with Crippen molar-refractivity contribution in [3.8, 4) is 0 Å². The summed E-state index contributed by atoms with van der Waals surface area (Å²) in [7, 11) is 1.68. The number of nitrogens with zero attached hydrogens (tertiary/aromatic N) is 1. The number of likely N-dealkylation sites (N-methyl/N-ethyl adjacent to an activating group) is 1. The van der Waals surface area contributed by atoms with Crippen LogP contribution in [0.3, 0.4) is 0 Å². The van der Waals surface area contributed by atoms with Gasteiger partial charge >= 0.3 is 0 Å². The Kier molecular flexibility index (Phi) is 7.29. The molecule has 4 rings (SSSR count). The number of hydrogen-bond donors (Lipinski definition) is 3. The van der Waals surface area contributed by atoms with Gasteiger partial charge in [-0.1, -0.05) is 60.7 Å². The molecule has 0 radical (unpaired) electrons. The summed E-state index contributed by atoms with van der Waals surface area (Å²) >= 11 is 0. The maximum atomic E-state index is 13.5. The van der Waals surface area contributed by atoms with Gasteiger partial charge in [0.2, 0.25) is 11.8 Å². The summed E-state index contributed by atoms with van der Waals surface area (Å²) in [5.41, 5.74) is 1.91. The average molecular weight is 465 g/mol. The van der Waals surface area contributed by atoms with E-state index in [0.29, 0.717) is 12.8 Å². The number of carbonyl (C=O) groups is 3. The van der Waals surface area contributed by atoms with Gasteiger partial charge in [-0.05, 0) is 44.9 Å². The van der Waals surface area contributed by atoms with E-state index in [1.54, 1.807) is 20.9 Å². The molecule has 0 spiro atoms. The zero-order chi connectivity index (χ0) is 24.2. The zero-order valence-electron chi connectivity index (χ0n) is 19.7. The highest BCUT2D eigenvalue weighted by molar-refractivity contribution is 5.94. The lowest BCUT2D eigenvalue weighted by atomic mass is 9.98. The summed E-state index contributed by atoms with van der Waals surface area (Å²) in [6, 6.07) is 17.2. The molecule has 3 amide bonds. The highest BCUT2D eigenvalue weighted by atomic mass is 16.5. The van der Waals surface area contributed by atoms with E-state index in [9.17, 15) is 14.4 Å². The van der Waals surface area contributed by atoms with Crippen molar-refractivity contribution < 1.29 is 19.1 Å². The molecular weight excluding hydrogens is 432 g/mol. The van der Waals surface area contributed by atoms with E-state index in [1.165, 1.54) is 4.90 Å². The molecule has 0 saturated carbocycles. The second kappa shape index (κ2) is 10.4. The molecule has 180 valence electrons. The molecule has 0 aromatic heterocycles. The predicted octanol–water partition coefficient (Wildman–Crippen LogP) is 1.72. The minimum atomic E-state index is -0.841. The first-order valence-corrected chi connectivity index (χ1v) is 11.8. The van der Waals surface area contributed by atoms with Gasteiger partial charge in [-0.15, -0.1) is 0 Å².